The van der Waals surface area contributed by atoms with Gasteiger partial charge in [0.1, 0.15) is 0 Å². The van der Waals surface area contributed by atoms with Gasteiger partial charge in [0.25, 0.3) is 0 Å². The number of carboxylic acid groups (broad SMARTS) is 1. The SMILES string of the molecule is CC(C)(C)C(=O)O.[Fe]. The van der Waals surface area contributed by atoms with E-state index in [4.69, 9.17) is 5.11 Å². The first-order chi connectivity index (χ1) is 2.94. The van der Waals surface area contributed by atoms with Crippen LogP contribution in [-0.4, -0.2) is 11.1 Å². The van der Waals surface area contributed by atoms with Gasteiger partial charge in [-0.15, -0.1) is 0 Å². The van der Waals surface area contributed by atoms with Crippen LogP contribution < -0.4 is 0 Å². The molecule has 0 aliphatic rings. The Hall–Kier alpha value is -0.0105. The van der Waals surface area contributed by atoms with Gasteiger partial charge in [-0.3, -0.25) is 4.79 Å². The predicted octanol–water partition coefficient (Wildman–Crippen LogP) is 1.11. The van der Waals surface area contributed by atoms with Crippen molar-refractivity contribution < 1.29 is 27.0 Å². The number of rotatable bonds is 0. The third kappa shape index (κ3) is 4.16. The maximum Gasteiger partial charge on any atom is 0.308 e. The second-order valence-electron chi connectivity index (χ2n) is 2.56. The van der Waals surface area contributed by atoms with Crippen molar-refractivity contribution in [3.8, 4) is 0 Å². The van der Waals surface area contributed by atoms with Crippen LogP contribution in [0.15, 0.2) is 0 Å². The Kier molecular flexibility index (Phi) is 4.22. The summed E-state index contributed by atoms with van der Waals surface area (Å²) in [6.45, 7) is 4.99. The third-order valence-electron chi connectivity index (χ3n) is 0.642. The Balaban J connectivity index is 0. The molecule has 0 radical (unpaired) electrons. The first-order valence-corrected chi connectivity index (χ1v) is 2.18. The minimum atomic E-state index is -0.757. The Labute approximate surface area is 59.8 Å². The minimum absolute atomic E-state index is 0. The van der Waals surface area contributed by atoms with Crippen LogP contribution in [0.5, 0.6) is 0 Å². The van der Waals surface area contributed by atoms with Gasteiger partial charge in [0.15, 0.2) is 0 Å². The summed E-state index contributed by atoms with van der Waals surface area (Å²) in [7, 11) is 0. The molecule has 0 heterocycles. The second-order valence-corrected chi connectivity index (χ2v) is 2.56. The summed E-state index contributed by atoms with van der Waals surface area (Å²) in [6.07, 6.45) is 0. The Morgan fingerprint density at radius 1 is 1.38 bits per heavy atom. The fraction of sp³-hybridized carbons (Fsp3) is 0.800. The summed E-state index contributed by atoms with van der Waals surface area (Å²) in [6, 6.07) is 0. The molecule has 0 saturated heterocycles. The van der Waals surface area contributed by atoms with Crippen molar-refractivity contribution in [1.82, 2.24) is 0 Å². The topological polar surface area (TPSA) is 37.3 Å². The van der Waals surface area contributed by atoms with Gasteiger partial charge < -0.3 is 5.11 Å². The van der Waals surface area contributed by atoms with Crippen molar-refractivity contribution in [3.63, 3.8) is 0 Å². The molecule has 0 amide bonds. The molecule has 0 spiro atoms. The Morgan fingerprint density at radius 3 is 1.50 bits per heavy atom. The van der Waals surface area contributed by atoms with Crippen LogP contribution in [0.25, 0.3) is 0 Å². The monoisotopic (exact) mass is 158 g/mol. The van der Waals surface area contributed by atoms with Crippen LogP contribution in [0.2, 0.25) is 0 Å². The molecular weight excluding hydrogens is 148 g/mol. The number of carboxylic acids is 1. The number of aliphatic carboxylic acids is 1. The van der Waals surface area contributed by atoms with Crippen molar-refractivity contribution in [1.29, 1.82) is 0 Å². The molecule has 8 heavy (non-hydrogen) atoms. The van der Waals surface area contributed by atoms with Gasteiger partial charge >= 0.3 is 5.97 Å². The largest absolute Gasteiger partial charge is 0.481 e. The van der Waals surface area contributed by atoms with Crippen LogP contribution >= 0.6 is 0 Å². The average Bonchev–Trinajstić information content (AvgIpc) is 1.31. The molecule has 1 N–H and O–H groups in total. The summed E-state index contributed by atoms with van der Waals surface area (Å²) in [5, 5.41) is 8.25. The zero-order valence-electron chi connectivity index (χ0n) is 5.21. The van der Waals surface area contributed by atoms with E-state index >= 15 is 0 Å². The first-order valence-electron chi connectivity index (χ1n) is 2.18. The van der Waals surface area contributed by atoms with Crippen molar-refractivity contribution in [2.24, 2.45) is 5.41 Å². The van der Waals surface area contributed by atoms with E-state index in [1.165, 1.54) is 0 Å². The molecule has 0 fully saturated rings. The van der Waals surface area contributed by atoms with Crippen molar-refractivity contribution >= 4 is 5.97 Å². The molecule has 0 atom stereocenters. The Bertz CT molecular complexity index is 82.9. The van der Waals surface area contributed by atoms with Crippen molar-refractivity contribution in [3.05, 3.63) is 0 Å². The molecule has 0 aromatic rings. The van der Waals surface area contributed by atoms with Gasteiger partial charge in [-0.2, -0.15) is 0 Å². The van der Waals surface area contributed by atoms with Gasteiger partial charge in [0, 0.05) is 17.1 Å². The molecular formula is C5H10FeO2. The molecule has 0 aromatic carbocycles. The van der Waals surface area contributed by atoms with Gasteiger partial charge in [-0.1, -0.05) is 0 Å². The van der Waals surface area contributed by atoms with E-state index < -0.39 is 11.4 Å². The van der Waals surface area contributed by atoms with E-state index in [-0.39, 0.29) is 17.1 Å². The van der Waals surface area contributed by atoms with Gasteiger partial charge in [0.2, 0.25) is 0 Å². The third-order valence-corrected chi connectivity index (χ3v) is 0.642. The van der Waals surface area contributed by atoms with Gasteiger partial charge in [-0.05, 0) is 20.8 Å². The summed E-state index contributed by atoms with van der Waals surface area (Å²) in [5.41, 5.74) is -0.583. The Morgan fingerprint density at radius 2 is 1.50 bits per heavy atom. The maximum absolute atomic E-state index is 10.0. The van der Waals surface area contributed by atoms with E-state index in [0.717, 1.165) is 0 Å². The normalized spacial score (nSPS) is 9.88. The summed E-state index contributed by atoms with van der Waals surface area (Å²) >= 11 is 0. The van der Waals surface area contributed by atoms with Crippen LogP contribution in [0.4, 0.5) is 0 Å². The number of carbonyl (C=O) groups is 1. The van der Waals surface area contributed by atoms with E-state index in [2.05, 4.69) is 0 Å². The van der Waals surface area contributed by atoms with Crippen LogP contribution in [-0.2, 0) is 21.9 Å². The quantitative estimate of drug-likeness (QED) is 0.536. The first kappa shape index (κ1) is 10.9. The fourth-order valence-corrected chi connectivity index (χ4v) is 0. The molecule has 0 bridgehead atoms. The van der Waals surface area contributed by atoms with E-state index in [1.54, 1.807) is 20.8 Å². The molecule has 0 rings (SSSR count). The van der Waals surface area contributed by atoms with Crippen LogP contribution in [0.3, 0.4) is 0 Å². The minimum Gasteiger partial charge on any atom is -0.481 e. The fourth-order valence-electron chi connectivity index (χ4n) is 0. The van der Waals surface area contributed by atoms with Gasteiger partial charge in [0.05, 0.1) is 5.41 Å². The summed E-state index contributed by atoms with van der Waals surface area (Å²) in [4.78, 5) is 10.0. The smallest absolute Gasteiger partial charge is 0.308 e. The molecule has 0 aromatic heterocycles. The molecule has 0 unspecified atom stereocenters. The number of hydrogen-bond donors (Lipinski definition) is 1. The van der Waals surface area contributed by atoms with Crippen LogP contribution in [0.1, 0.15) is 20.8 Å². The van der Waals surface area contributed by atoms with E-state index in [9.17, 15) is 4.79 Å². The number of hydrogen-bond acceptors (Lipinski definition) is 1. The summed E-state index contributed by atoms with van der Waals surface area (Å²) in [5.74, 6) is -0.757. The second kappa shape index (κ2) is 3.10. The molecule has 0 aliphatic carbocycles. The summed E-state index contributed by atoms with van der Waals surface area (Å²) < 4.78 is 0. The van der Waals surface area contributed by atoms with Crippen molar-refractivity contribution in [2.75, 3.05) is 0 Å². The molecule has 3 heteroatoms. The van der Waals surface area contributed by atoms with Crippen molar-refractivity contribution in [2.45, 2.75) is 20.8 Å². The molecule has 0 aliphatic heterocycles. The zero-order chi connectivity index (χ0) is 6.08. The molecule has 2 nitrogen and oxygen atoms in total. The molecule has 0 saturated carbocycles. The van der Waals surface area contributed by atoms with Crippen LogP contribution in [0, 0.1) is 5.41 Å². The average molecular weight is 158 g/mol. The zero-order valence-corrected chi connectivity index (χ0v) is 6.31. The molecule has 50 valence electrons. The van der Waals surface area contributed by atoms with Gasteiger partial charge in [-0.25, -0.2) is 0 Å². The maximum atomic E-state index is 10.0. The van der Waals surface area contributed by atoms with E-state index in [0.29, 0.717) is 0 Å². The standard InChI is InChI=1S/C5H10O2.Fe/c1-5(2,3)4(6)7;/h1-3H3,(H,6,7);. The van der Waals surface area contributed by atoms with E-state index in [1.807, 2.05) is 0 Å². The predicted molar refractivity (Wildman–Crippen MR) is 27.1 cm³/mol.